The first-order chi connectivity index (χ1) is 4.33. The molecule has 0 amide bonds. The summed E-state index contributed by atoms with van der Waals surface area (Å²) in [6.45, 7) is 3.75. The van der Waals surface area contributed by atoms with Gasteiger partial charge in [-0.2, -0.15) is 0 Å². The van der Waals surface area contributed by atoms with E-state index in [9.17, 15) is 0 Å². The Morgan fingerprint density at radius 2 is 2.10 bits per heavy atom. The van der Waals surface area contributed by atoms with Gasteiger partial charge in [0, 0.05) is 0 Å². The molecule has 1 radical (unpaired) electrons. The van der Waals surface area contributed by atoms with Gasteiger partial charge < -0.3 is 4.74 Å². The molecule has 0 aliphatic carbocycles. The van der Waals surface area contributed by atoms with Crippen LogP contribution in [-0.4, -0.2) is 7.11 Å². The first kappa shape index (κ1) is 9.31. The van der Waals surface area contributed by atoms with Crippen LogP contribution in [0.3, 0.4) is 0 Å². The highest BCUT2D eigenvalue weighted by Gasteiger charge is 1.86. The van der Waals surface area contributed by atoms with Crippen molar-refractivity contribution in [2.75, 3.05) is 7.11 Å². The second kappa shape index (κ2) is 4.18. The molecule has 10 heavy (non-hydrogen) atoms. The molecule has 55 valence electrons. The van der Waals surface area contributed by atoms with Crippen LogP contribution in [0.2, 0.25) is 0 Å². The molecule has 0 fully saturated rings. The third-order valence-corrected chi connectivity index (χ3v) is 1.13. The quantitative estimate of drug-likeness (QED) is 0.608. The fraction of sp³-hybridized carbons (Fsp3) is 0.125. The summed E-state index contributed by atoms with van der Waals surface area (Å²) < 4.78 is 4.96. The van der Waals surface area contributed by atoms with Gasteiger partial charge in [-0.1, -0.05) is 12.1 Å². The molecular formula is C8H10ClO. The molecule has 0 heterocycles. The zero-order chi connectivity index (χ0) is 6.69. The lowest BCUT2D eigenvalue weighted by Crippen LogP contribution is -1.81. The number of ether oxygens (including phenoxy) is 1. The lowest BCUT2D eigenvalue weighted by Gasteiger charge is -1.97. The molecule has 0 N–H and O–H groups in total. The van der Waals surface area contributed by atoms with Gasteiger partial charge in [0.2, 0.25) is 0 Å². The molecule has 2 heteroatoms. The molecule has 0 unspecified atom stereocenters. The van der Waals surface area contributed by atoms with E-state index in [1.54, 1.807) is 7.11 Å². The normalized spacial score (nSPS) is 8.20. The van der Waals surface area contributed by atoms with Gasteiger partial charge >= 0.3 is 0 Å². The van der Waals surface area contributed by atoms with Gasteiger partial charge in [0.25, 0.3) is 0 Å². The minimum atomic E-state index is 0. The van der Waals surface area contributed by atoms with Crippen molar-refractivity contribution < 1.29 is 4.74 Å². The standard InChI is InChI=1S/C8H9O.ClH/c1-7-4-3-5-8(6-7)9-2;/h3-6H,1H2,2H3;1H. The number of benzene rings is 1. The second-order valence-electron chi connectivity index (χ2n) is 1.85. The van der Waals surface area contributed by atoms with Crippen LogP contribution in [0.15, 0.2) is 24.3 Å². The van der Waals surface area contributed by atoms with Crippen LogP contribution < -0.4 is 4.74 Å². The minimum absolute atomic E-state index is 0. The first-order valence-electron chi connectivity index (χ1n) is 2.79. The van der Waals surface area contributed by atoms with E-state index in [1.165, 1.54) is 0 Å². The summed E-state index contributed by atoms with van der Waals surface area (Å²) >= 11 is 0. The summed E-state index contributed by atoms with van der Waals surface area (Å²) in [5.74, 6) is 0.863. The molecule has 0 bridgehead atoms. The van der Waals surface area contributed by atoms with E-state index in [1.807, 2.05) is 24.3 Å². The van der Waals surface area contributed by atoms with Crippen molar-refractivity contribution in [3.05, 3.63) is 36.8 Å². The minimum Gasteiger partial charge on any atom is -0.497 e. The molecule has 0 saturated carbocycles. The average Bonchev–Trinajstić information content (AvgIpc) is 1.88. The third-order valence-electron chi connectivity index (χ3n) is 1.13. The highest BCUT2D eigenvalue weighted by molar-refractivity contribution is 5.85. The van der Waals surface area contributed by atoms with Crippen molar-refractivity contribution in [1.82, 2.24) is 0 Å². The number of rotatable bonds is 1. The molecule has 1 aromatic rings. The Labute approximate surface area is 67.4 Å². The van der Waals surface area contributed by atoms with Crippen LogP contribution in [-0.2, 0) is 0 Å². The predicted octanol–water partition coefficient (Wildman–Crippen LogP) is 2.30. The number of hydrogen-bond acceptors (Lipinski definition) is 1. The summed E-state index contributed by atoms with van der Waals surface area (Å²) in [6, 6.07) is 7.64. The highest BCUT2D eigenvalue weighted by atomic mass is 35.5. The van der Waals surface area contributed by atoms with E-state index < -0.39 is 0 Å². The van der Waals surface area contributed by atoms with Gasteiger partial charge in [-0.25, -0.2) is 0 Å². The van der Waals surface area contributed by atoms with Crippen LogP contribution in [0.4, 0.5) is 0 Å². The molecule has 1 aromatic carbocycles. The van der Waals surface area contributed by atoms with Crippen molar-refractivity contribution in [3.63, 3.8) is 0 Å². The number of hydrogen-bond donors (Lipinski definition) is 0. The van der Waals surface area contributed by atoms with Crippen LogP contribution in [0.1, 0.15) is 5.56 Å². The molecule has 1 rings (SSSR count). The third kappa shape index (κ3) is 2.28. The summed E-state index contributed by atoms with van der Waals surface area (Å²) in [7, 11) is 1.65. The molecular weight excluding hydrogens is 148 g/mol. The summed E-state index contributed by atoms with van der Waals surface area (Å²) in [5.41, 5.74) is 0.981. The maximum absolute atomic E-state index is 4.96. The van der Waals surface area contributed by atoms with E-state index in [0.29, 0.717) is 0 Å². The second-order valence-corrected chi connectivity index (χ2v) is 1.85. The SMILES string of the molecule is Cl.[CH2]c1cccc(OC)c1. The summed E-state index contributed by atoms with van der Waals surface area (Å²) in [6.07, 6.45) is 0. The van der Waals surface area contributed by atoms with Gasteiger partial charge in [0.15, 0.2) is 0 Å². The van der Waals surface area contributed by atoms with Gasteiger partial charge in [-0.05, 0) is 24.6 Å². The van der Waals surface area contributed by atoms with Crippen molar-refractivity contribution in [3.8, 4) is 5.75 Å². The fourth-order valence-electron chi connectivity index (χ4n) is 0.672. The van der Waals surface area contributed by atoms with Gasteiger partial charge in [0.1, 0.15) is 5.75 Å². The summed E-state index contributed by atoms with van der Waals surface area (Å²) in [4.78, 5) is 0. The predicted molar refractivity (Wildman–Crippen MR) is 44.7 cm³/mol. The Hall–Kier alpha value is -0.690. The lowest BCUT2D eigenvalue weighted by atomic mass is 10.2. The largest absolute Gasteiger partial charge is 0.497 e. The Morgan fingerprint density at radius 3 is 2.50 bits per heavy atom. The van der Waals surface area contributed by atoms with Gasteiger partial charge in [-0.15, -0.1) is 12.4 Å². The van der Waals surface area contributed by atoms with Crippen molar-refractivity contribution in [1.29, 1.82) is 0 Å². The van der Waals surface area contributed by atoms with E-state index in [2.05, 4.69) is 6.92 Å². The van der Waals surface area contributed by atoms with Crippen LogP contribution >= 0.6 is 12.4 Å². The first-order valence-corrected chi connectivity index (χ1v) is 2.79. The molecule has 1 nitrogen and oxygen atoms in total. The Balaban J connectivity index is 0.000000810. The van der Waals surface area contributed by atoms with E-state index in [0.717, 1.165) is 11.3 Å². The Kier molecular flexibility index (Phi) is 3.89. The molecule has 0 spiro atoms. The van der Waals surface area contributed by atoms with Crippen LogP contribution in [0.25, 0.3) is 0 Å². The Bertz CT molecular complexity index is 198. The smallest absolute Gasteiger partial charge is 0.119 e. The number of halogens is 1. The topological polar surface area (TPSA) is 9.23 Å². The highest BCUT2D eigenvalue weighted by Crippen LogP contribution is 2.10. The Morgan fingerprint density at radius 1 is 1.40 bits per heavy atom. The van der Waals surface area contributed by atoms with Gasteiger partial charge in [0.05, 0.1) is 7.11 Å². The van der Waals surface area contributed by atoms with Crippen molar-refractivity contribution in [2.24, 2.45) is 0 Å². The monoisotopic (exact) mass is 157 g/mol. The molecule has 0 aliphatic heterocycles. The molecule has 0 atom stereocenters. The van der Waals surface area contributed by atoms with Crippen molar-refractivity contribution >= 4 is 12.4 Å². The summed E-state index contributed by atoms with van der Waals surface area (Å²) in [5, 5.41) is 0. The maximum atomic E-state index is 4.96. The van der Waals surface area contributed by atoms with E-state index in [-0.39, 0.29) is 12.4 Å². The zero-order valence-corrected chi connectivity index (χ0v) is 6.65. The maximum Gasteiger partial charge on any atom is 0.119 e. The van der Waals surface area contributed by atoms with Crippen LogP contribution in [0, 0.1) is 6.92 Å². The van der Waals surface area contributed by atoms with E-state index >= 15 is 0 Å². The fourth-order valence-corrected chi connectivity index (χ4v) is 0.672. The average molecular weight is 158 g/mol. The molecule has 0 aliphatic rings. The molecule has 0 saturated heterocycles. The van der Waals surface area contributed by atoms with E-state index in [4.69, 9.17) is 4.74 Å². The van der Waals surface area contributed by atoms with Crippen LogP contribution in [0.5, 0.6) is 5.75 Å². The van der Waals surface area contributed by atoms with Crippen molar-refractivity contribution in [2.45, 2.75) is 0 Å². The zero-order valence-electron chi connectivity index (χ0n) is 5.83. The lowest BCUT2D eigenvalue weighted by molar-refractivity contribution is 0.414. The van der Waals surface area contributed by atoms with Gasteiger partial charge in [-0.3, -0.25) is 0 Å². The number of methoxy groups -OCH3 is 1. The molecule has 0 aromatic heterocycles.